The maximum atomic E-state index is 9.54. The van der Waals surface area contributed by atoms with E-state index in [0.29, 0.717) is 12.0 Å². The molecule has 0 unspecified atom stereocenters. The molecule has 0 saturated carbocycles. The molecule has 0 aliphatic heterocycles. The summed E-state index contributed by atoms with van der Waals surface area (Å²) in [7, 11) is 0. The van der Waals surface area contributed by atoms with E-state index in [2.05, 4.69) is 0 Å². The van der Waals surface area contributed by atoms with Gasteiger partial charge in [-0.1, -0.05) is 6.92 Å². The lowest BCUT2D eigenvalue weighted by molar-refractivity contribution is 0.434. The summed E-state index contributed by atoms with van der Waals surface area (Å²) in [4.78, 5) is 0. The second kappa shape index (κ2) is 3.05. The Hall–Kier alpha value is -1.18. The van der Waals surface area contributed by atoms with Gasteiger partial charge in [0, 0.05) is 5.56 Å². The van der Waals surface area contributed by atoms with E-state index in [9.17, 15) is 10.2 Å². The minimum atomic E-state index is 0.223. The van der Waals surface area contributed by atoms with Gasteiger partial charge in [0.25, 0.3) is 0 Å². The minimum absolute atomic E-state index is 0.223. The Bertz CT molecular complexity index is 277. The summed E-state index contributed by atoms with van der Waals surface area (Å²) < 4.78 is 0. The van der Waals surface area contributed by atoms with Crippen LogP contribution in [-0.4, -0.2) is 10.2 Å². The van der Waals surface area contributed by atoms with Gasteiger partial charge >= 0.3 is 0 Å². The molecule has 0 saturated heterocycles. The number of phenols is 2. The number of aryl methyl sites for hydroxylation is 2. The largest absolute Gasteiger partial charge is 0.507 e. The summed E-state index contributed by atoms with van der Waals surface area (Å²) >= 11 is 0. The molecule has 1 aromatic carbocycles. The van der Waals surface area contributed by atoms with Crippen LogP contribution in [0.25, 0.3) is 0 Å². The van der Waals surface area contributed by atoms with Gasteiger partial charge in [0.05, 0.1) is 0 Å². The van der Waals surface area contributed by atoms with Crippen LogP contribution in [0.1, 0.15) is 23.6 Å². The van der Waals surface area contributed by atoms with Crippen molar-refractivity contribution in [1.82, 2.24) is 0 Å². The Kier molecular flexibility index (Phi) is 2.27. The minimum Gasteiger partial charge on any atom is -0.507 e. The van der Waals surface area contributed by atoms with Crippen molar-refractivity contribution in [3.05, 3.63) is 22.8 Å². The maximum absolute atomic E-state index is 9.54. The third-order valence-electron chi connectivity index (χ3n) is 2.11. The molecular formula is C10H14O2. The first-order valence-electron chi connectivity index (χ1n) is 4.09. The fraction of sp³-hybridized carbons (Fsp3) is 0.400. The first-order chi connectivity index (χ1) is 5.57. The van der Waals surface area contributed by atoms with E-state index in [0.717, 1.165) is 11.1 Å². The lowest BCUT2D eigenvalue weighted by Crippen LogP contribution is -1.89. The Morgan fingerprint density at radius 1 is 1.08 bits per heavy atom. The monoisotopic (exact) mass is 166 g/mol. The molecule has 0 amide bonds. The second-order valence-corrected chi connectivity index (χ2v) is 3.04. The van der Waals surface area contributed by atoms with Crippen LogP contribution in [0.5, 0.6) is 11.5 Å². The van der Waals surface area contributed by atoms with Crippen molar-refractivity contribution in [2.24, 2.45) is 0 Å². The summed E-state index contributed by atoms with van der Waals surface area (Å²) in [6.07, 6.45) is 0.653. The Labute approximate surface area is 72.5 Å². The van der Waals surface area contributed by atoms with Crippen LogP contribution in [0.2, 0.25) is 0 Å². The van der Waals surface area contributed by atoms with E-state index in [1.54, 1.807) is 6.07 Å². The van der Waals surface area contributed by atoms with Crippen molar-refractivity contribution in [1.29, 1.82) is 0 Å². The van der Waals surface area contributed by atoms with E-state index in [1.807, 2.05) is 20.8 Å². The van der Waals surface area contributed by atoms with Gasteiger partial charge in [-0.15, -0.1) is 0 Å². The van der Waals surface area contributed by atoms with E-state index >= 15 is 0 Å². The molecule has 0 radical (unpaired) electrons. The van der Waals surface area contributed by atoms with Gasteiger partial charge in [0.1, 0.15) is 11.5 Å². The third kappa shape index (κ3) is 1.24. The first kappa shape index (κ1) is 8.91. The number of aromatic hydroxyl groups is 2. The molecule has 0 fully saturated rings. The van der Waals surface area contributed by atoms with E-state index in [1.165, 1.54) is 0 Å². The van der Waals surface area contributed by atoms with Gasteiger partial charge in [-0.3, -0.25) is 0 Å². The lowest BCUT2D eigenvalue weighted by Gasteiger charge is -2.09. The van der Waals surface area contributed by atoms with Crippen LogP contribution >= 0.6 is 0 Å². The summed E-state index contributed by atoms with van der Waals surface area (Å²) in [6, 6.07) is 1.78. The predicted octanol–water partition coefficient (Wildman–Crippen LogP) is 2.28. The Morgan fingerprint density at radius 3 is 1.83 bits per heavy atom. The molecule has 0 heterocycles. The van der Waals surface area contributed by atoms with E-state index < -0.39 is 0 Å². The fourth-order valence-corrected chi connectivity index (χ4v) is 1.38. The smallest absolute Gasteiger partial charge is 0.125 e. The molecule has 0 atom stereocenters. The van der Waals surface area contributed by atoms with Crippen LogP contribution in [-0.2, 0) is 6.42 Å². The highest BCUT2D eigenvalue weighted by molar-refractivity contribution is 5.52. The molecule has 2 heteroatoms. The first-order valence-corrected chi connectivity index (χ1v) is 4.09. The maximum Gasteiger partial charge on any atom is 0.125 e. The Balaban J connectivity index is 3.42. The number of benzene rings is 1. The zero-order chi connectivity index (χ0) is 9.30. The van der Waals surface area contributed by atoms with Crippen molar-refractivity contribution in [3.63, 3.8) is 0 Å². The van der Waals surface area contributed by atoms with E-state index in [-0.39, 0.29) is 11.5 Å². The topological polar surface area (TPSA) is 40.5 Å². The van der Waals surface area contributed by atoms with Crippen molar-refractivity contribution in [3.8, 4) is 11.5 Å². The molecule has 12 heavy (non-hydrogen) atoms. The highest BCUT2D eigenvalue weighted by Crippen LogP contribution is 2.33. The number of hydrogen-bond acceptors (Lipinski definition) is 2. The van der Waals surface area contributed by atoms with Gasteiger partial charge < -0.3 is 10.2 Å². The second-order valence-electron chi connectivity index (χ2n) is 3.04. The molecule has 0 aliphatic rings. The van der Waals surface area contributed by atoms with Crippen LogP contribution < -0.4 is 0 Å². The van der Waals surface area contributed by atoms with Gasteiger partial charge in [0.15, 0.2) is 0 Å². The van der Waals surface area contributed by atoms with E-state index in [4.69, 9.17) is 0 Å². The molecule has 1 aromatic rings. The molecule has 1 rings (SSSR count). The molecule has 2 nitrogen and oxygen atoms in total. The van der Waals surface area contributed by atoms with Gasteiger partial charge in [0.2, 0.25) is 0 Å². The zero-order valence-electron chi connectivity index (χ0n) is 7.68. The summed E-state index contributed by atoms with van der Waals surface area (Å²) in [5.74, 6) is 0.446. The summed E-state index contributed by atoms with van der Waals surface area (Å²) in [5, 5.41) is 19.1. The molecular weight excluding hydrogens is 152 g/mol. The Morgan fingerprint density at radius 2 is 1.50 bits per heavy atom. The molecule has 66 valence electrons. The molecule has 0 bridgehead atoms. The number of rotatable bonds is 1. The SMILES string of the molecule is CCc1c(O)c(C)cc(C)c1O. The van der Waals surface area contributed by atoms with Crippen LogP contribution in [0, 0.1) is 13.8 Å². The summed E-state index contributed by atoms with van der Waals surface area (Å²) in [5.41, 5.74) is 2.29. The van der Waals surface area contributed by atoms with Gasteiger partial charge in [-0.2, -0.15) is 0 Å². The van der Waals surface area contributed by atoms with Gasteiger partial charge in [-0.25, -0.2) is 0 Å². The van der Waals surface area contributed by atoms with Crippen LogP contribution in [0.15, 0.2) is 6.07 Å². The average Bonchev–Trinajstić information content (AvgIpc) is 2.02. The zero-order valence-corrected chi connectivity index (χ0v) is 7.68. The number of phenolic OH excluding ortho intramolecular Hbond substituents is 2. The van der Waals surface area contributed by atoms with Crippen molar-refractivity contribution >= 4 is 0 Å². The molecule has 2 N–H and O–H groups in total. The highest BCUT2D eigenvalue weighted by atomic mass is 16.3. The predicted molar refractivity (Wildman–Crippen MR) is 48.6 cm³/mol. The third-order valence-corrected chi connectivity index (χ3v) is 2.11. The molecule has 0 spiro atoms. The average molecular weight is 166 g/mol. The normalized spacial score (nSPS) is 10.2. The van der Waals surface area contributed by atoms with Crippen molar-refractivity contribution in [2.45, 2.75) is 27.2 Å². The van der Waals surface area contributed by atoms with Crippen molar-refractivity contribution in [2.75, 3.05) is 0 Å². The van der Waals surface area contributed by atoms with Crippen LogP contribution in [0.4, 0.5) is 0 Å². The molecule has 0 aromatic heterocycles. The standard InChI is InChI=1S/C10H14O2/c1-4-8-9(11)6(2)5-7(3)10(8)12/h5,11-12H,4H2,1-3H3. The van der Waals surface area contributed by atoms with Crippen molar-refractivity contribution < 1.29 is 10.2 Å². The van der Waals surface area contributed by atoms with Gasteiger partial charge in [-0.05, 0) is 37.5 Å². The highest BCUT2D eigenvalue weighted by Gasteiger charge is 2.10. The lowest BCUT2D eigenvalue weighted by atomic mass is 10.0. The summed E-state index contributed by atoms with van der Waals surface area (Å²) in [6.45, 7) is 5.58. The molecule has 0 aliphatic carbocycles. The van der Waals surface area contributed by atoms with Crippen LogP contribution in [0.3, 0.4) is 0 Å². The number of hydrogen-bond donors (Lipinski definition) is 2. The fourth-order valence-electron chi connectivity index (χ4n) is 1.38. The quantitative estimate of drug-likeness (QED) is 0.672.